The number of aryl methyl sites for hydroxylation is 1. The highest BCUT2D eigenvalue weighted by Gasteiger charge is 2.52. The van der Waals surface area contributed by atoms with Gasteiger partial charge in [0.25, 0.3) is 11.8 Å². The molecule has 6 rings (SSSR count). The molecule has 2 aliphatic rings. The number of fused-ring (bicyclic) bond motifs is 3. The molecule has 1 fully saturated rings. The molecule has 0 unspecified atom stereocenters. The van der Waals surface area contributed by atoms with Crippen molar-refractivity contribution < 1.29 is 9.59 Å². The highest BCUT2D eigenvalue weighted by atomic mass is 16.2. The summed E-state index contributed by atoms with van der Waals surface area (Å²) < 4.78 is 2.05. The number of hydrogen-bond donors (Lipinski definition) is 1. The summed E-state index contributed by atoms with van der Waals surface area (Å²) in [5, 5.41) is 4.41. The summed E-state index contributed by atoms with van der Waals surface area (Å²) in [7, 11) is 0. The van der Waals surface area contributed by atoms with Crippen molar-refractivity contribution in [3.63, 3.8) is 0 Å². The van der Waals surface area contributed by atoms with Gasteiger partial charge in [-0.2, -0.15) is 0 Å². The fourth-order valence-electron chi connectivity index (χ4n) is 6.10. The van der Waals surface area contributed by atoms with Crippen molar-refractivity contribution in [2.24, 2.45) is 0 Å². The Hall–Kier alpha value is -3.86. The number of carbonyl (C=O) groups is 2. The Morgan fingerprint density at radius 1 is 0.919 bits per heavy atom. The van der Waals surface area contributed by atoms with E-state index in [1.54, 1.807) is 0 Å². The molecule has 0 saturated heterocycles. The van der Waals surface area contributed by atoms with Crippen LogP contribution in [0.4, 0.5) is 0 Å². The Bertz CT molecular complexity index is 1430. The lowest BCUT2D eigenvalue weighted by Gasteiger charge is -2.47. The predicted octanol–water partition coefficient (Wildman–Crippen LogP) is 5.95. The molecule has 1 saturated carbocycles. The zero-order chi connectivity index (χ0) is 25.4. The van der Waals surface area contributed by atoms with Crippen LogP contribution in [-0.4, -0.2) is 27.3 Å². The first-order chi connectivity index (χ1) is 18.1. The number of aromatic nitrogens is 1. The number of amides is 2. The predicted molar refractivity (Wildman–Crippen MR) is 146 cm³/mol. The van der Waals surface area contributed by atoms with Crippen molar-refractivity contribution in [1.82, 2.24) is 14.8 Å². The van der Waals surface area contributed by atoms with Crippen LogP contribution >= 0.6 is 0 Å². The summed E-state index contributed by atoms with van der Waals surface area (Å²) in [5.74, 6) is -0.208. The zero-order valence-corrected chi connectivity index (χ0v) is 21.3. The minimum Gasteiger partial charge on any atom is -0.351 e. The first kappa shape index (κ1) is 23.5. The largest absolute Gasteiger partial charge is 0.351 e. The molecule has 1 aliphatic heterocycles. The smallest absolute Gasteiger partial charge is 0.272 e. The number of nitrogens with one attached hydrogen (secondary N) is 1. The number of carbonyl (C=O) groups excluding carboxylic acids is 2. The van der Waals surface area contributed by atoms with E-state index in [9.17, 15) is 9.59 Å². The number of hydrogen-bond acceptors (Lipinski definition) is 2. The van der Waals surface area contributed by atoms with Crippen LogP contribution in [0.5, 0.6) is 0 Å². The van der Waals surface area contributed by atoms with Gasteiger partial charge in [-0.15, -0.1) is 0 Å². The molecule has 0 bridgehead atoms. The molecule has 0 spiro atoms. The van der Waals surface area contributed by atoms with Crippen molar-refractivity contribution >= 4 is 22.7 Å². The molecule has 2 amide bonds. The third-order valence-electron chi connectivity index (χ3n) is 8.15. The maximum absolute atomic E-state index is 14.5. The van der Waals surface area contributed by atoms with Crippen LogP contribution in [0.3, 0.4) is 0 Å². The van der Waals surface area contributed by atoms with Crippen LogP contribution < -0.4 is 5.32 Å². The van der Waals surface area contributed by atoms with Crippen molar-refractivity contribution in [1.29, 1.82) is 0 Å². The minimum atomic E-state index is -1.17. The molecule has 5 nitrogen and oxygen atoms in total. The van der Waals surface area contributed by atoms with E-state index >= 15 is 0 Å². The first-order valence-corrected chi connectivity index (χ1v) is 13.4. The first-order valence-electron chi connectivity index (χ1n) is 13.4. The van der Waals surface area contributed by atoms with Gasteiger partial charge in [0.15, 0.2) is 5.54 Å². The normalized spacial score (nSPS) is 20.1. The van der Waals surface area contributed by atoms with Gasteiger partial charge in [-0.25, -0.2) is 0 Å². The number of rotatable bonds is 5. The van der Waals surface area contributed by atoms with E-state index in [0.29, 0.717) is 18.8 Å². The summed E-state index contributed by atoms with van der Waals surface area (Å²) in [4.78, 5) is 30.7. The van der Waals surface area contributed by atoms with E-state index in [1.165, 1.54) is 12.0 Å². The Kier molecular flexibility index (Phi) is 6.07. The summed E-state index contributed by atoms with van der Waals surface area (Å²) >= 11 is 0. The summed E-state index contributed by atoms with van der Waals surface area (Å²) in [6.45, 7) is 2.78. The second-order valence-corrected chi connectivity index (χ2v) is 10.6. The maximum atomic E-state index is 14.5. The average molecular weight is 492 g/mol. The zero-order valence-electron chi connectivity index (χ0n) is 21.3. The van der Waals surface area contributed by atoms with E-state index in [1.807, 2.05) is 65.6 Å². The van der Waals surface area contributed by atoms with Crippen molar-refractivity contribution in [3.05, 3.63) is 107 Å². The fourth-order valence-corrected chi connectivity index (χ4v) is 6.10. The lowest BCUT2D eigenvalue weighted by atomic mass is 9.83. The van der Waals surface area contributed by atoms with Gasteiger partial charge < -0.3 is 14.8 Å². The van der Waals surface area contributed by atoms with Crippen LogP contribution in [0.25, 0.3) is 10.9 Å². The lowest BCUT2D eigenvalue weighted by Crippen LogP contribution is -2.64. The van der Waals surface area contributed by atoms with Crippen molar-refractivity contribution in [2.75, 3.05) is 0 Å². The van der Waals surface area contributed by atoms with Crippen LogP contribution in [-0.2, 0) is 23.4 Å². The third-order valence-corrected chi connectivity index (χ3v) is 8.15. The van der Waals surface area contributed by atoms with Crippen molar-refractivity contribution in [2.45, 2.75) is 63.7 Å². The average Bonchev–Trinajstić information content (AvgIpc) is 3.31. The van der Waals surface area contributed by atoms with E-state index < -0.39 is 5.54 Å². The molecular formula is C32H33N3O2. The van der Waals surface area contributed by atoms with Crippen LogP contribution in [0, 0.1) is 6.92 Å². The Labute approximate surface area is 218 Å². The molecule has 37 heavy (non-hydrogen) atoms. The molecule has 3 aromatic carbocycles. The van der Waals surface area contributed by atoms with Gasteiger partial charge in [0.2, 0.25) is 0 Å². The molecule has 2 heterocycles. The Balaban J connectivity index is 1.53. The highest BCUT2D eigenvalue weighted by molar-refractivity contribution is 6.04. The van der Waals surface area contributed by atoms with E-state index in [2.05, 4.69) is 41.1 Å². The van der Waals surface area contributed by atoms with E-state index in [4.69, 9.17) is 0 Å². The molecule has 1 atom stereocenters. The number of para-hydroxylation sites is 1. The molecule has 0 radical (unpaired) electrons. The van der Waals surface area contributed by atoms with Crippen molar-refractivity contribution in [3.8, 4) is 0 Å². The number of benzene rings is 3. The Morgan fingerprint density at radius 2 is 1.62 bits per heavy atom. The molecule has 1 N–H and O–H groups in total. The van der Waals surface area contributed by atoms with Gasteiger partial charge in [-0.05, 0) is 43.0 Å². The second-order valence-electron chi connectivity index (χ2n) is 10.6. The van der Waals surface area contributed by atoms with Gasteiger partial charge in [0, 0.05) is 23.5 Å². The standard InChI is InChI=1S/C32H33N3O2/c1-23-16-18-24(19-17-23)21-35-30(36)29-20-25-10-8-9-15-28(25)34(29)22-32(35,26-11-4-2-5-12-26)31(37)33-27-13-6-3-7-14-27/h2,4-5,8-12,15-20,27H,3,6-7,13-14,21-22H2,1H3,(H,33,37)/t32-/m0/s1. The fraction of sp³-hybridized carbons (Fsp3) is 0.312. The van der Waals surface area contributed by atoms with Gasteiger partial charge in [0.1, 0.15) is 5.69 Å². The molecule has 188 valence electrons. The topological polar surface area (TPSA) is 54.3 Å². The monoisotopic (exact) mass is 491 g/mol. The van der Waals surface area contributed by atoms with Gasteiger partial charge >= 0.3 is 0 Å². The maximum Gasteiger partial charge on any atom is 0.272 e. The summed E-state index contributed by atoms with van der Waals surface area (Å²) in [5.41, 5.74) is 3.45. The summed E-state index contributed by atoms with van der Waals surface area (Å²) in [6.07, 6.45) is 5.44. The summed E-state index contributed by atoms with van der Waals surface area (Å²) in [6, 6.07) is 28.3. The molecule has 1 aliphatic carbocycles. The number of nitrogens with zero attached hydrogens (tertiary/aromatic N) is 2. The van der Waals surface area contributed by atoms with Crippen LogP contribution in [0.2, 0.25) is 0 Å². The SMILES string of the molecule is Cc1ccc(CN2C(=O)c3cc4ccccc4n3C[C@@]2(C(=O)NC2CCCCC2)c2ccccc2)cc1. The van der Waals surface area contributed by atoms with Crippen LogP contribution in [0.15, 0.2) is 84.9 Å². The van der Waals surface area contributed by atoms with Gasteiger partial charge in [-0.1, -0.05) is 97.6 Å². The molecule has 5 heteroatoms. The van der Waals surface area contributed by atoms with E-state index in [0.717, 1.165) is 47.7 Å². The minimum absolute atomic E-state index is 0.0884. The van der Waals surface area contributed by atoms with Gasteiger partial charge in [0.05, 0.1) is 6.54 Å². The second kappa shape index (κ2) is 9.55. The Morgan fingerprint density at radius 3 is 2.38 bits per heavy atom. The lowest BCUT2D eigenvalue weighted by molar-refractivity contribution is -0.136. The van der Waals surface area contributed by atoms with Gasteiger partial charge in [-0.3, -0.25) is 9.59 Å². The quantitative estimate of drug-likeness (QED) is 0.375. The van der Waals surface area contributed by atoms with E-state index in [-0.39, 0.29) is 17.9 Å². The van der Waals surface area contributed by atoms with Crippen LogP contribution in [0.1, 0.15) is 59.3 Å². The third kappa shape index (κ3) is 4.12. The highest BCUT2D eigenvalue weighted by Crippen LogP contribution is 2.40. The molecule has 4 aromatic rings. The molecule has 1 aromatic heterocycles. The molecular weight excluding hydrogens is 458 g/mol.